The Kier molecular flexibility index (Phi) is 10.6. The van der Waals surface area contributed by atoms with Gasteiger partial charge in [-0.25, -0.2) is 0 Å². The highest BCUT2D eigenvalue weighted by molar-refractivity contribution is 7.86. The highest BCUT2D eigenvalue weighted by atomic mass is 32.2. The van der Waals surface area contributed by atoms with E-state index in [1.54, 1.807) is 52.0 Å². The van der Waals surface area contributed by atoms with Gasteiger partial charge in [-0.3, -0.25) is 8.37 Å². The second-order valence-corrected chi connectivity index (χ2v) is 8.43. The normalized spacial score (nSPS) is 11.7. The average Bonchev–Trinajstić information content (AvgIpc) is 2.24. The summed E-state index contributed by atoms with van der Waals surface area (Å²) < 4.78 is 52.7. The molecule has 0 saturated heterocycles. The average molecular weight is 369 g/mol. The number of benzene rings is 1. The Hall–Kier alpha value is -0.960. The second-order valence-electron chi connectivity index (χ2n) is 5.26. The lowest BCUT2D eigenvalue weighted by atomic mass is 10.2. The molecule has 0 amide bonds. The summed E-state index contributed by atoms with van der Waals surface area (Å²) in [6, 6.07) is 6.59. The van der Waals surface area contributed by atoms with Crippen LogP contribution < -0.4 is 0 Å². The molecule has 0 radical (unpaired) electrons. The zero-order valence-corrected chi connectivity index (χ0v) is 15.4. The smallest absolute Gasteiger partial charge is 0.268 e. The molecule has 0 aliphatic heterocycles. The Morgan fingerprint density at radius 2 is 1.22 bits per heavy atom. The summed E-state index contributed by atoms with van der Waals surface area (Å²) >= 11 is 0. The monoisotopic (exact) mass is 368 g/mol. The first-order valence-electron chi connectivity index (χ1n) is 6.71. The highest BCUT2D eigenvalue weighted by Crippen LogP contribution is 2.14. The molecule has 0 saturated carbocycles. The van der Waals surface area contributed by atoms with Crippen LogP contribution in [0.5, 0.6) is 0 Å². The van der Waals surface area contributed by atoms with Crippen LogP contribution in [0.15, 0.2) is 29.2 Å². The molecule has 8 heteroatoms. The van der Waals surface area contributed by atoms with Crippen molar-refractivity contribution in [1.29, 1.82) is 0 Å². The van der Waals surface area contributed by atoms with E-state index in [9.17, 15) is 16.8 Å². The molecule has 0 atom stereocenters. The van der Waals surface area contributed by atoms with Crippen molar-refractivity contribution >= 4 is 20.2 Å². The van der Waals surface area contributed by atoms with Crippen LogP contribution in [0.1, 0.15) is 40.7 Å². The van der Waals surface area contributed by atoms with Gasteiger partial charge in [0.05, 0.1) is 23.4 Å². The van der Waals surface area contributed by atoms with Crippen molar-refractivity contribution in [1.82, 2.24) is 0 Å². The van der Waals surface area contributed by atoms with Crippen molar-refractivity contribution in [3.63, 3.8) is 0 Å². The summed E-state index contributed by atoms with van der Waals surface area (Å²) in [5, 5.41) is 0. The lowest BCUT2D eigenvalue weighted by Gasteiger charge is -2.08. The van der Waals surface area contributed by atoms with Crippen molar-refractivity contribution < 1.29 is 25.2 Å². The Morgan fingerprint density at radius 1 is 0.826 bits per heavy atom. The van der Waals surface area contributed by atoms with Gasteiger partial charge >= 0.3 is 0 Å². The summed E-state index contributed by atoms with van der Waals surface area (Å²) in [7, 11) is -6.80. The molecule has 0 bridgehead atoms. The fourth-order valence-electron chi connectivity index (χ4n) is 1.36. The standard InChI is InChI=1S/C10H14O3S.C4H10O3S.CH4/c1-8(2)13-14(11,12)10-6-4-9(3)5-7-10;1-4(2)7-8(3,5)6;/h4-8H,1-3H3;4H,1-3H3;1H4. The van der Waals surface area contributed by atoms with Crippen LogP contribution in [0.2, 0.25) is 0 Å². The van der Waals surface area contributed by atoms with Gasteiger partial charge in [-0.2, -0.15) is 16.8 Å². The van der Waals surface area contributed by atoms with Crippen LogP contribution in [-0.4, -0.2) is 35.3 Å². The summed E-state index contributed by atoms with van der Waals surface area (Å²) in [6.45, 7) is 8.61. The Bertz CT molecular complexity index is 644. The predicted octanol–water partition coefficient (Wildman–Crippen LogP) is 3.12. The van der Waals surface area contributed by atoms with E-state index in [0.717, 1.165) is 11.8 Å². The van der Waals surface area contributed by atoms with Gasteiger partial charge in [0.25, 0.3) is 20.2 Å². The molecule has 0 N–H and O–H groups in total. The summed E-state index contributed by atoms with van der Waals surface area (Å²) in [5.41, 5.74) is 1.02. The fourth-order valence-corrected chi connectivity index (χ4v) is 3.15. The van der Waals surface area contributed by atoms with Gasteiger partial charge in [0.15, 0.2) is 0 Å². The van der Waals surface area contributed by atoms with E-state index >= 15 is 0 Å². The van der Waals surface area contributed by atoms with Gasteiger partial charge in [0, 0.05) is 0 Å². The molecule has 0 aromatic heterocycles. The van der Waals surface area contributed by atoms with Gasteiger partial charge in [0.2, 0.25) is 0 Å². The second kappa shape index (κ2) is 10.0. The highest BCUT2D eigenvalue weighted by Gasteiger charge is 2.16. The number of hydrogen-bond donors (Lipinski definition) is 0. The first-order chi connectivity index (χ1) is 9.83. The lowest BCUT2D eigenvalue weighted by Crippen LogP contribution is -2.12. The minimum absolute atomic E-state index is 0. The van der Waals surface area contributed by atoms with Gasteiger partial charge < -0.3 is 0 Å². The predicted molar refractivity (Wildman–Crippen MR) is 92.4 cm³/mol. The molecule has 0 heterocycles. The zero-order valence-electron chi connectivity index (χ0n) is 13.7. The maximum atomic E-state index is 11.5. The Balaban J connectivity index is 0. The van der Waals surface area contributed by atoms with E-state index < -0.39 is 20.2 Å². The molecule has 0 fully saturated rings. The van der Waals surface area contributed by atoms with E-state index in [-0.39, 0.29) is 24.5 Å². The molecule has 136 valence electrons. The summed E-state index contributed by atoms with van der Waals surface area (Å²) in [6.07, 6.45) is 0.457. The number of rotatable bonds is 5. The van der Waals surface area contributed by atoms with Crippen LogP contribution >= 0.6 is 0 Å². The van der Waals surface area contributed by atoms with Crippen molar-refractivity contribution in [2.24, 2.45) is 0 Å². The topological polar surface area (TPSA) is 86.7 Å². The van der Waals surface area contributed by atoms with Gasteiger partial charge in [-0.05, 0) is 46.8 Å². The minimum Gasteiger partial charge on any atom is -0.268 e. The summed E-state index contributed by atoms with van der Waals surface area (Å²) in [5.74, 6) is 0. The van der Waals surface area contributed by atoms with Crippen LogP contribution in [0.25, 0.3) is 0 Å². The largest absolute Gasteiger partial charge is 0.297 e. The molecule has 1 rings (SSSR count). The van der Waals surface area contributed by atoms with Crippen LogP contribution in [0, 0.1) is 6.92 Å². The molecule has 0 spiro atoms. The van der Waals surface area contributed by atoms with Crippen LogP contribution in [0.4, 0.5) is 0 Å². The quantitative estimate of drug-likeness (QED) is 0.742. The molecule has 1 aromatic carbocycles. The van der Waals surface area contributed by atoms with E-state index in [4.69, 9.17) is 4.18 Å². The SMILES string of the molecule is C.CC(C)OS(C)(=O)=O.Cc1ccc(S(=O)(=O)OC(C)C)cc1. The fraction of sp³-hybridized carbons (Fsp3) is 0.600. The van der Waals surface area contributed by atoms with Crippen molar-refractivity contribution in [3.8, 4) is 0 Å². The molecule has 0 aliphatic carbocycles. The van der Waals surface area contributed by atoms with E-state index in [1.165, 1.54) is 0 Å². The molecular weight excluding hydrogens is 340 g/mol. The van der Waals surface area contributed by atoms with E-state index in [1.807, 2.05) is 6.92 Å². The van der Waals surface area contributed by atoms with Crippen molar-refractivity contribution in [2.45, 2.75) is 59.1 Å². The third kappa shape index (κ3) is 12.2. The Labute approximate surface area is 141 Å². The Morgan fingerprint density at radius 3 is 1.48 bits per heavy atom. The molecule has 0 aliphatic rings. The van der Waals surface area contributed by atoms with Gasteiger partial charge in [-0.15, -0.1) is 0 Å². The van der Waals surface area contributed by atoms with E-state index in [2.05, 4.69) is 4.18 Å². The van der Waals surface area contributed by atoms with Gasteiger partial charge in [-0.1, -0.05) is 25.1 Å². The third-order valence-electron chi connectivity index (χ3n) is 2.00. The van der Waals surface area contributed by atoms with Gasteiger partial charge in [0.1, 0.15) is 0 Å². The molecule has 6 nitrogen and oxygen atoms in total. The van der Waals surface area contributed by atoms with Crippen molar-refractivity contribution in [2.75, 3.05) is 6.26 Å². The third-order valence-corrected chi connectivity index (χ3v) is 4.22. The first-order valence-corrected chi connectivity index (χ1v) is 9.94. The zero-order chi connectivity index (χ0) is 17.6. The van der Waals surface area contributed by atoms with Crippen LogP contribution in [-0.2, 0) is 28.6 Å². The summed E-state index contributed by atoms with van der Waals surface area (Å²) in [4.78, 5) is 0.205. The molecule has 1 aromatic rings. The molecule has 23 heavy (non-hydrogen) atoms. The minimum atomic E-state index is -3.58. The van der Waals surface area contributed by atoms with Crippen molar-refractivity contribution in [3.05, 3.63) is 29.8 Å². The molecular formula is C15H28O6S2. The lowest BCUT2D eigenvalue weighted by molar-refractivity contribution is 0.248. The first kappa shape index (κ1) is 24.3. The number of hydrogen-bond acceptors (Lipinski definition) is 6. The number of aryl methyl sites for hydroxylation is 1. The van der Waals surface area contributed by atoms with Crippen LogP contribution in [0.3, 0.4) is 0 Å². The molecule has 0 unspecified atom stereocenters. The van der Waals surface area contributed by atoms with E-state index in [0.29, 0.717) is 0 Å². The maximum Gasteiger partial charge on any atom is 0.297 e. The maximum absolute atomic E-state index is 11.5.